The van der Waals surface area contributed by atoms with Crippen LogP contribution in [0.15, 0.2) is 115 Å². The number of hydrogen-bond donors (Lipinski definition) is 0. The Bertz CT molecular complexity index is 2150. The van der Waals surface area contributed by atoms with Crippen LogP contribution < -0.4 is 0 Å². The Morgan fingerprint density at radius 3 is 1.40 bits per heavy atom. The molecule has 2 aromatic heterocycles. The van der Waals surface area contributed by atoms with E-state index < -0.39 is 0 Å². The van der Waals surface area contributed by atoms with Gasteiger partial charge >= 0.3 is 0 Å². The fraction of sp³-hybridized carbons (Fsp3) is 0.171. The van der Waals surface area contributed by atoms with Crippen LogP contribution in [0.1, 0.15) is 34.2 Å². The van der Waals surface area contributed by atoms with Crippen molar-refractivity contribution in [3.8, 4) is 5.69 Å². The lowest BCUT2D eigenvalue weighted by molar-refractivity contribution is 0.653. The molecule has 2 heterocycles. The van der Waals surface area contributed by atoms with E-state index in [4.69, 9.17) is 0 Å². The van der Waals surface area contributed by atoms with Gasteiger partial charge in [0.2, 0.25) is 0 Å². The van der Waals surface area contributed by atoms with Crippen molar-refractivity contribution in [2.24, 2.45) is 5.92 Å². The third-order valence-electron chi connectivity index (χ3n) is 9.27. The first-order chi connectivity index (χ1) is 20.9. The molecule has 0 bridgehead atoms. The van der Waals surface area contributed by atoms with Crippen molar-refractivity contribution in [3.05, 3.63) is 143 Å². The van der Waals surface area contributed by atoms with E-state index in [2.05, 4.69) is 152 Å². The number of benzene rings is 5. The van der Waals surface area contributed by atoms with Crippen molar-refractivity contribution >= 4 is 49.3 Å². The predicted octanol–water partition coefficient (Wildman–Crippen LogP) is 10.8. The standard InChI is InChI=1S/C41H36N2/c1-26-5-17-38-34(21-26)35-22-27(2)6-18-39(35)42(38)32-13-9-30(10-14-32)25-31-11-15-33(16-12-31)43-40-19-7-28(3)23-36(40)37-24-29(4)8-20-41(37)43/h5-11,13-24,31H,12,25H2,1-4H3. The van der Waals surface area contributed by atoms with E-state index in [-0.39, 0.29) is 0 Å². The van der Waals surface area contributed by atoms with Crippen LogP contribution >= 0.6 is 0 Å². The molecule has 2 nitrogen and oxygen atoms in total. The minimum atomic E-state index is 0.492. The van der Waals surface area contributed by atoms with Crippen LogP contribution in [0.4, 0.5) is 0 Å². The van der Waals surface area contributed by atoms with Gasteiger partial charge in [-0.3, -0.25) is 0 Å². The van der Waals surface area contributed by atoms with Crippen LogP contribution in [-0.4, -0.2) is 9.13 Å². The van der Waals surface area contributed by atoms with Gasteiger partial charge in [-0.25, -0.2) is 0 Å². The zero-order valence-corrected chi connectivity index (χ0v) is 25.4. The normalized spacial score (nSPS) is 15.3. The third kappa shape index (κ3) is 4.32. The summed E-state index contributed by atoms with van der Waals surface area (Å²) < 4.78 is 4.86. The second-order valence-electron chi connectivity index (χ2n) is 12.6. The molecule has 0 radical (unpaired) electrons. The van der Waals surface area contributed by atoms with Crippen LogP contribution in [0.5, 0.6) is 0 Å². The lowest BCUT2D eigenvalue weighted by Gasteiger charge is -2.19. The molecule has 0 N–H and O–H groups in total. The molecule has 7 aromatic rings. The van der Waals surface area contributed by atoms with Gasteiger partial charge in [0.1, 0.15) is 0 Å². The van der Waals surface area contributed by atoms with E-state index in [0.29, 0.717) is 5.92 Å². The molecule has 43 heavy (non-hydrogen) atoms. The van der Waals surface area contributed by atoms with Gasteiger partial charge in [0.05, 0.1) is 22.1 Å². The lowest BCUT2D eigenvalue weighted by Crippen LogP contribution is -2.06. The number of allylic oxidation sites excluding steroid dienone is 4. The van der Waals surface area contributed by atoms with Crippen molar-refractivity contribution in [2.75, 3.05) is 0 Å². The number of fused-ring (bicyclic) bond motifs is 6. The average molecular weight is 557 g/mol. The highest BCUT2D eigenvalue weighted by Gasteiger charge is 2.17. The zero-order chi connectivity index (χ0) is 29.2. The van der Waals surface area contributed by atoms with Crippen molar-refractivity contribution in [3.63, 3.8) is 0 Å². The van der Waals surface area contributed by atoms with Crippen LogP contribution in [0.2, 0.25) is 0 Å². The van der Waals surface area contributed by atoms with Crippen molar-refractivity contribution in [2.45, 2.75) is 40.5 Å². The topological polar surface area (TPSA) is 9.86 Å². The summed E-state index contributed by atoms with van der Waals surface area (Å²) in [6, 6.07) is 36.5. The highest BCUT2D eigenvalue weighted by molar-refractivity contribution is 6.11. The fourth-order valence-electron chi connectivity index (χ4n) is 7.11. The van der Waals surface area contributed by atoms with E-state index in [1.165, 1.54) is 82.8 Å². The summed E-state index contributed by atoms with van der Waals surface area (Å²) in [4.78, 5) is 0. The van der Waals surface area contributed by atoms with E-state index in [1.54, 1.807) is 0 Å². The molecule has 0 fully saturated rings. The van der Waals surface area contributed by atoms with Crippen LogP contribution in [0, 0.1) is 33.6 Å². The van der Waals surface area contributed by atoms with Gasteiger partial charge in [0.25, 0.3) is 0 Å². The van der Waals surface area contributed by atoms with Crippen molar-refractivity contribution < 1.29 is 0 Å². The predicted molar refractivity (Wildman–Crippen MR) is 184 cm³/mol. The van der Waals surface area contributed by atoms with E-state index in [1.807, 2.05) is 0 Å². The molecule has 1 unspecified atom stereocenters. The number of aryl methyl sites for hydroxylation is 4. The zero-order valence-electron chi connectivity index (χ0n) is 25.4. The third-order valence-corrected chi connectivity index (χ3v) is 9.27. The van der Waals surface area contributed by atoms with Gasteiger partial charge in [-0.1, -0.05) is 70.8 Å². The Balaban J connectivity index is 1.08. The molecule has 5 aromatic carbocycles. The Kier molecular flexibility index (Phi) is 5.94. The van der Waals surface area contributed by atoms with E-state index >= 15 is 0 Å². The maximum atomic E-state index is 2.44. The smallest absolute Gasteiger partial charge is 0.0541 e. The lowest BCUT2D eigenvalue weighted by atomic mass is 9.92. The molecule has 1 aliphatic rings. The van der Waals surface area contributed by atoms with E-state index in [9.17, 15) is 0 Å². The van der Waals surface area contributed by atoms with Crippen molar-refractivity contribution in [1.82, 2.24) is 9.13 Å². The summed E-state index contributed by atoms with van der Waals surface area (Å²) in [5.41, 5.74) is 14.2. The summed E-state index contributed by atoms with van der Waals surface area (Å²) in [6.07, 6.45) is 9.26. The summed E-state index contributed by atoms with van der Waals surface area (Å²) in [7, 11) is 0. The van der Waals surface area contributed by atoms with Crippen LogP contribution in [0.3, 0.4) is 0 Å². The molecule has 2 heteroatoms. The Hall–Kier alpha value is -4.82. The number of aromatic nitrogens is 2. The maximum absolute atomic E-state index is 2.44. The minimum absolute atomic E-state index is 0.492. The largest absolute Gasteiger partial charge is 0.310 e. The molecule has 1 atom stereocenters. The summed E-state index contributed by atoms with van der Waals surface area (Å²) in [5.74, 6) is 0.492. The van der Waals surface area contributed by atoms with Crippen LogP contribution in [-0.2, 0) is 6.42 Å². The highest BCUT2D eigenvalue weighted by atomic mass is 15.0. The average Bonchev–Trinajstić information content (AvgIpc) is 3.49. The molecule has 0 aliphatic heterocycles. The maximum Gasteiger partial charge on any atom is 0.0541 e. The highest BCUT2D eigenvalue weighted by Crippen LogP contribution is 2.36. The van der Waals surface area contributed by atoms with Crippen LogP contribution in [0.25, 0.3) is 55.0 Å². The summed E-state index contributed by atoms with van der Waals surface area (Å²) >= 11 is 0. The number of hydrogen-bond acceptors (Lipinski definition) is 0. The Labute approximate surface area is 253 Å². The van der Waals surface area contributed by atoms with E-state index in [0.717, 1.165) is 12.8 Å². The van der Waals surface area contributed by atoms with Gasteiger partial charge < -0.3 is 9.13 Å². The number of nitrogens with zero attached hydrogens (tertiary/aromatic N) is 2. The Morgan fingerprint density at radius 1 is 0.535 bits per heavy atom. The molecule has 0 spiro atoms. The van der Waals surface area contributed by atoms with Gasteiger partial charge in [0.15, 0.2) is 0 Å². The monoisotopic (exact) mass is 556 g/mol. The quantitative estimate of drug-likeness (QED) is 0.204. The van der Waals surface area contributed by atoms with Gasteiger partial charge in [-0.2, -0.15) is 0 Å². The minimum Gasteiger partial charge on any atom is -0.310 e. The number of rotatable bonds is 4. The molecule has 8 rings (SSSR count). The molecule has 0 saturated heterocycles. The molecule has 1 aliphatic carbocycles. The molecular formula is C41H36N2. The van der Waals surface area contributed by atoms with Crippen molar-refractivity contribution in [1.29, 1.82) is 0 Å². The first kappa shape index (κ1) is 25.9. The fourth-order valence-corrected chi connectivity index (χ4v) is 7.11. The van der Waals surface area contributed by atoms with Gasteiger partial charge in [-0.15, -0.1) is 0 Å². The summed E-state index contributed by atoms with van der Waals surface area (Å²) in [6.45, 7) is 8.71. The second kappa shape index (κ2) is 9.88. The SMILES string of the molecule is Cc1ccc2c(c1)c1cc(C)ccc1n2C1=CCC(Cc2ccc(-n3c4ccc(C)cc4c4cc(C)ccc43)cc2)C=C1. The first-order valence-corrected chi connectivity index (χ1v) is 15.4. The Morgan fingerprint density at radius 2 is 0.977 bits per heavy atom. The van der Waals surface area contributed by atoms with Gasteiger partial charge in [0, 0.05) is 32.9 Å². The summed E-state index contributed by atoms with van der Waals surface area (Å²) in [5, 5.41) is 5.32. The molecular weight excluding hydrogens is 520 g/mol. The molecule has 210 valence electrons. The second-order valence-corrected chi connectivity index (χ2v) is 12.6. The molecule has 0 amide bonds. The molecule has 0 saturated carbocycles. The van der Waals surface area contributed by atoms with Gasteiger partial charge in [-0.05, 0) is 119 Å². The first-order valence-electron chi connectivity index (χ1n) is 15.4.